The molecular formula is C20H16F6N2O3. The van der Waals surface area contributed by atoms with E-state index >= 15 is 0 Å². The van der Waals surface area contributed by atoms with E-state index < -0.39 is 42.8 Å². The molecule has 1 heterocycles. The number of urea groups is 1. The summed E-state index contributed by atoms with van der Waals surface area (Å²) in [6, 6.07) is 8.41. The van der Waals surface area contributed by atoms with Gasteiger partial charge in [0, 0.05) is 5.69 Å². The molecule has 11 heteroatoms. The van der Waals surface area contributed by atoms with Gasteiger partial charge in [0.2, 0.25) is 0 Å². The van der Waals surface area contributed by atoms with Crippen LogP contribution in [0.25, 0.3) is 0 Å². The van der Waals surface area contributed by atoms with Crippen LogP contribution in [0.1, 0.15) is 5.56 Å². The summed E-state index contributed by atoms with van der Waals surface area (Å²) >= 11 is 0. The maximum Gasteiger partial charge on any atom is 0.403 e. The van der Waals surface area contributed by atoms with Gasteiger partial charge in [-0.15, -0.1) is 0 Å². The number of methoxy groups -OCH3 is 1. The van der Waals surface area contributed by atoms with Gasteiger partial charge in [-0.2, -0.15) is 26.3 Å². The third kappa shape index (κ3) is 4.44. The molecular weight excluding hydrogens is 430 g/mol. The van der Waals surface area contributed by atoms with Crippen molar-refractivity contribution in [3.05, 3.63) is 60.2 Å². The Morgan fingerprint density at radius 1 is 0.903 bits per heavy atom. The number of ether oxygens (including phenoxy) is 1. The van der Waals surface area contributed by atoms with Crippen molar-refractivity contribution in [3.63, 3.8) is 0 Å². The number of hydrogen-bond acceptors (Lipinski definition) is 3. The normalized spacial score (nSPS) is 17.6. The van der Waals surface area contributed by atoms with Crippen LogP contribution in [0.3, 0.4) is 0 Å². The molecule has 5 nitrogen and oxygen atoms in total. The van der Waals surface area contributed by atoms with Crippen LogP contribution in [0, 0.1) is 5.92 Å². The van der Waals surface area contributed by atoms with Crippen LogP contribution in [0.15, 0.2) is 54.6 Å². The number of halogens is 6. The van der Waals surface area contributed by atoms with Gasteiger partial charge in [-0.05, 0) is 29.8 Å². The number of carbonyl (C=O) groups is 2. The quantitative estimate of drug-likeness (QED) is 0.491. The highest BCUT2D eigenvalue weighted by Gasteiger charge is 2.67. The molecule has 0 bridgehead atoms. The van der Waals surface area contributed by atoms with Gasteiger partial charge < -0.3 is 4.74 Å². The lowest BCUT2D eigenvalue weighted by molar-refractivity contribution is -0.287. The molecule has 2 aromatic rings. The molecule has 1 aliphatic heterocycles. The topological polar surface area (TPSA) is 49.9 Å². The summed E-state index contributed by atoms with van der Waals surface area (Å²) in [6.07, 6.45) is -11.6. The average molecular weight is 446 g/mol. The summed E-state index contributed by atoms with van der Waals surface area (Å²) in [7, 11) is 1.31. The number of anilines is 1. The van der Waals surface area contributed by atoms with Crippen LogP contribution < -0.4 is 9.64 Å². The van der Waals surface area contributed by atoms with Gasteiger partial charge in [-0.1, -0.05) is 30.3 Å². The van der Waals surface area contributed by atoms with Crippen LogP contribution in [-0.4, -0.2) is 42.3 Å². The van der Waals surface area contributed by atoms with Crippen LogP contribution in [0.5, 0.6) is 5.75 Å². The Morgan fingerprint density at radius 3 is 1.94 bits per heavy atom. The van der Waals surface area contributed by atoms with Crippen molar-refractivity contribution in [1.29, 1.82) is 0 Å². The second-order valence-corrected chi connectivity index (χ2v) is 6.77. The fourth-order valence-corrected chi connectivity index (χ4v) is 3.37. The first-order valence-corrected chi connectivity index (χ1v) is 8.91. The largest absolute Gasteiger partial charge is 0.497 e. The SMILES string of the molecule is COc1ccc(N2C(=O)N(Cc3ccccc3)C(=O)C2C(C(F)(F)F)C(F)(F)F)cc1. The monoisotopic (exact) mass is 446 g/mol. The van der Waals surface area contributed by atoms with E-state index in [1.54, 1.807) is 18.2 Å². The van der Waals surface area contributed by atoms with E-state index in [-0.39, 0.29) is 16.3 Å². The molecule has 0 aromatic heterocycles. The highest BCUT2D eigenvalue weighted by molar-refractivity contribution is 6.14. The van der Waals surface area contributed by atoms with Crippen molar-refractivity contribution >= 4 is 17.6 Å². The molecule has 1 aliphatic rings. The highest BCUT2D eigenvalue weighted by Crippen LogP contribution is 2.46. The van der Waals surface area contributed by atoms with Crippen LogP contribution in [0.4, 0.5) is 36.8 Å². The minimum absolute atomic E-state index is 0.246. The van der Waals surface area contributed by atoms with E-state index in [2.05, 4.69) is 0 Å². The minimum atomic E-state index is -5.81. The van der Waals surface area contributed by atoms with Gasteiger partial charge in [0.25, 0.3) is 5.91 Å². The fraction of sp³-hybridized carbons (Fsp3) is 0.300. The molecule has 0 radical (unpaired) electrons. The second-order valence-electron chi connectivity index (χ2n) is 6.77. The zero-order chi connectivity index (χ0) is 23.0. The molecule has 0 N–H and O–H groups in total. The van der Waals surface area contributed by atoms with E-state index in [1.165, 1.54) is 31.4 Å². The Hall–Kier alpha value is -3.24. The predicted molar refractivity (Wildman–Crippen MR) is 97.2 cm³/mol. The van der Waals surface area contributed by atoms with Gasteiger partial charge in [-0.25, -0.2) is 4.79 Å². The Morgan fingerprint density at radius 2 is 1.45 bits per heavy atom. The first-order valence-electron chi connectivity index (χ1n) is 8.91. The molecule has 1 saturated heterocycles. The van der Waals surface area contributed by atoms with Crippen molar-refractivity contribution in [3.8, 4) is 5.75 Å². The lowest BCUT2D eigenvalue weighted by atomic mass is 9.96. The van der Waals surface area contributed by atoms with E-state index in [9.17, 15) is 35.9 Å². The third-order valence-electron chi connectivity index (χ3n) is 4.79. The summed E-state index contributed by atoms with van der Waals surface area (Å²) in [5.74, 6) is -5.37. The molecule has 1 unspecified atom stereocenters. The summed E-state index contributed by atoms with van der Waals surface area (Å²) in [5.41, 5.74) is 0.0771. The van der Waals surface area contributed by atoms with E-state index in [4.69, 9.17) is 4.74 Å². The Balaban J connectivity index is 2.10. The molecule has 0 spiro atoms. The number of alkyl halides is 6. The Kier molecular flexibility index (Phi) is 5.88. The summed E-state index contributed by atoms with van der Waals surface area (Å²) in [5, 5.41) is 0. The number of rotatable bonds is 5. The summed E-state index contributed by atoms with van der Waals surface area (Å²) < 4.78 is 85.8. The molecule has 3 amide bonds. The molecule has 1 atom stereocenters. The average Bonchev–Trinajstić information content (AvgIpc) is 2.91. The first kappa shape index (κ1) is 22.4. The van der Waals surface area contributed by atoms with Crippen molar-refractivity contribution in [2.45, 2.75) is 24.9 Å². The van der Waals surface area contributed by atoms with Gasteiger partial charge in [-0.3, -0.25) is 14.6 Å². The number of amides is 3. The van der Waals surface area contributed by atoms with Crippen molar-refractivity contribution < 1.29 is 40.7 Å². The van der Waals surface area contributed by atoms with Crippen molar-refractivity contribution in [2.75, 3.05) is 12.0 Å². The smallest absolute Gasteiger partial charge is 0.403 e. The number of carbonyl (C=O) groups excluding carboxylic acids is 2. The molecule has 1 fully saturated rings. The highest BCUT2D eigenvalue weighted by atomic mass is 19.4. The zero-order valence-electron chi connectivity index (χ0n) is 15.9. The van der Waals surface area contributed by atoms with Crippen molar-refractivity contribution in [1.82, 2.24) is 4.90 Å². The van der Waals surface area contributed by atoms with E-state index in [0.717, 1.165) is 12.1 Å². The van der Waals surface area contributed by atoms with Gasteiger partial charge >= 0.3 is 18.4 Å². The van der Waals surface area contributed by atoms with Gasteiger partial charge in [0.05, 0.1) is 13.7 Å². The van der Waals surface area contributed by atoms with Crippen LogP contribution in [0.2, 0.25) is 0 Å². The lowest BCUT2D eigenvalue weighted by Crippen LogP contribution is -2.53. The maximum absolute atomic E-state index is 13.5. The van der Waals surface area contributed by atoms with Gasteiger partial charge in [0.1, 0.15) is 11.8 Å². The van der Waals surface area contributed by atoms with E-state index in [1.807, 2.05) is 0 Å². The zero-order valence-corrected chi connectivity index (χ0v) is 15.9. The molecule has 0 saturated carbocycles. The molecule has 2 aromatic carbocycles. The maximum atomic E-state index is 13.5. The number of hydrogen-bond donors (Lipinski definition) is 0. The first-order chi connectivity index (χ1) is 14.4. The Labute approximate surface area is 172 Å². The number of nitrogens with zero attached hydrogens (tertiary/aromatic N) is 2. The molecule has 3 rings (SSSR count). The summed E-state index contributed by atoms with van der Waals surface area (Å²) in [4.78, 5) is 26.4. The molecule has 0 aliphatic carbocycles. The standard InChI is InChI=1S/C20H16F6N2O3/c1-31-14-9-7-13(8-10-14)28-15(16(19(21,22)23)20(24,25)26)17(29)27(18(28)30)11-12-5-3-2-4-6-12/h2-10,15-16H,11H2,1H3. The molecule has 166 valence electrons. The minimum Gasteiger partial charge on any atom is -0.497 e. The second kappa shape index (κ2) is 8.12. The van der Waals surface area contributed by atoms with Gasteiger partial charge in [0.15, 0.2) is 5.92 Å². The third-order valence-corrected chi connectivity index (χ3v) is 4.79. The predicted octanol–water partition coefficient (Wildman–Crippen LogP) is 4.77. The van der Waals surface area contributed by atoms with E-state index in [0.29, 0.717) is 10.5 Å². The lowest BCUT2D eigenvalue weighted by Gasteiger charge is -2.31. The molecule has 31 heavy (non-hydrogen) atoms. The van der Waals surface area contributed by atoms with Crippen molar-refractivity contribution in [2.24, 2.45) is 5.92 Å². The number of benzene rings is 2. The fourth-order valence-electron chi connectivity index (χ4n) is 3.37. The number of imide groups is 1. The Bertz CT molecular complexity index is 930. The summed E-state index contributed by atoms with van der Waals surface area (Å²) in [6.45, 7) is -0.468. The van der Waals surface area contributed by atoms with Crippen LogP contribution in [-0.2, 0) is 11.3 Å². The van der Waals surface area contributed by atoms with Crippen LogP contribution >= 0.6 is 0 Å².